The third kappa shape index (κ3) is 3.48. The van der Waals surface area contributed by atoms with Crippen LogP contribution in [0.1, 0.15) is 46.0 Å². The van der Waals surface area contributed by atoms with Gasteiger partial charge in [0.05, 0.1) is 0 Å². The summed E-state index contributed by atoms with van der Waals surface area (Å²) in [4.78, 5) is 17.0. The zero-order chi connectivity index (χ0) is 13.8. The van der Waals surface area contributed by atoms with Crippen molar-refractivity contribution in [1.82, 2.24) is 9.80 Å². The van der Waals surface area contributed by atoms with Crippen LogP contribution < -0.4 is 5.73 Å². The van der Waals surface area contributed by atoms with Crippen molar-refractivity contribution in [2.45, 2.75) is 58.0 Å². The fraction of sp³-hybridized carbons (Fsp3) is 0.933. The van der Waals surface area contributed by atoms with Crippen LogP contribution in [0.25, 0.3) is 0 Å². The topological polar surface area (TPSA) is 49.6 Å². The highest BCUT2D eigenvalue weighted by Crippen LogP contribution is 2.27. The number of carbonyl (C=O) groups excluding carboxylic acids is 1. The standard InChI is InChI=1S/C15H29N3O/c1-3-17(4-2)14-7-9-18(10-8-14)15(19)12-5-6-13(16)11-12/h12-14H,3-11,16H2,1-2H3. The monoisotopic (exact) mass is 267 g/mol. The molecule has 0 aromatic heterocycles. The van der Waals surface area contributed by atoms with Gasteiger partial charge in [0.25, 0.3) is 0 Å². The molecule has 19 heavy (non-hydrogen) atoms. The van der Waals surface area contributed by atoms with E-state index in [1.54, 1.807) is 0 Å². The van der Waals surface area contributed by atoms with Gasteiger partial charge in [-0.2, -0.15) is 0 Å². The molecule has 0 aromatic rings. The van der Waals surface area contributed by atoms with Crippen LogP contribution in [-0.4, -0.2) is 54.0 Å². The summed E-state index contributed by atoms with van der Waals surface area (Å²) < 4.78 is 0. The van der Waals surface area contributed by atoms with Crippen LogP contribution >= 0.6 is 0 Å². The molecule has 2 aliphatic rings. The zero-order valence-electron chi connectivity index (χ0n) is 12.5. The number of likely N-dealkylation sites (tertiary alicyclic amines) is 1. The van der Waals surface area contributed by atoms with E-state index in [9.17, 15) is 4.79 Å². The second kappa shape index (κ2) is 6.71. The lowest BCUT2D eigenvalue weighted by Crippen LogP contribution is -2.48. The summed E-state index contributed by atoms with van der Waals surface area (Å²) in [6.07, 6.45) is 5.18. The number of rotatable bonds is 4. The maximum absolute atomic E-state index is 12.4. The van der Waals surface area contributed by atoms with E-state index in [1.807, 2.05) is 0 Å². The Morgan fingerprint density at radius 2 is 1.79 bits per heavy atom. The summed E-state index contributed by atoms with van der Waals surface area (Å²) in [6, 6.07) is 0.923. The molecule has 110 valence electrons. The van der Waals surface area contributed by atoms with Crippen molar-refractivity contribution in [3.63, 3.8) is 0 Å². The molecule has 2 rings (SSSR count). The molecule has 1 heterocycles. The van der Waals surface area contributed by atoms with Gasteiger partial charge in [-0.05, 0) is 45.2 Å². The second-order valence-corrected chi connectivity index (χ2v) is 6.05. The van der Waals surface area contributed by atoms with Crippen LogP contribution in [0, 0.1) is 5.92 Å². The number of hydrogen-bond donors (Lipinski definition) is 1. The van der Waals surface area contributed by atoms with Gasteiger partial charge < -0.3 is 15.5 Å². The first kappa shape index (κ1) is 14.8. The van der Waals surface area contributed by atoms with E-state index in [0.717, 1.165) is 58.3 Å². The highest BCUT2D eigenvalue weighted by Gasteiger charge is 2.33. The minimum Gasteiger partial charge on any atom is -0.342 e. The van der Waals surface area contributed by atoms with E-state index in [-0.39, 0.29) is 12.0 Å². The Kier molecular flexibility index (Phi) is 5.22. The minimum absolute atomic E-state index is 0.208. The van der Waals surface area contributed by atoms with Crippen LogP contribution in [0.5, 0.6) is 0 Å². The van der Waals surface area contributed by atoms with Gasteiger partial charge in [0, 0.05) is 31.1 Å². The Labute approximate surface area is 117 Å². The maximum atomic E-state index is 12.4. The highest BCUT2D eigenvalue weighted by atomic mass is 16.2. The Balaban J connectivity index is 1.81. The molecule has 1 amide bonds. The van der Waals surface area contributed by atoms with E-state index in [4.69, 9.17) is 5.73 Å². The van der Waals surface area contributed by atoms with Gasteiger partial charge in [0.15, 0.2) is 0 Å². The van der Waals surface area contributed by atoms with Crippen molar-refractivity contribution in [2.75, 3.05) is 26.2 Å². The minimum atomic E-state index is 0.208. The second-order valence-electron chi connectivity index (χ2n) is 6.05. The number of piperidine rings is 1. The van der Waals surface area contributed by atoms with Crippen molar-refractivity contribution in [3.05, 3.63) is 0 Å². The number of nitrogens with two attached hydrogens (primary N) is 1. The quantitative estimate of drug-likeness (QED) is 0.838. The molecule has 1 saturated carbocycles. The molecule has 0 spiro atoms. The summed E-state index contributed by atoms with van der Waals surface area (Å²) in [5.74, 6) is 0.575. The summed E-state index contributed by atoms with van der Waals surface area (Å²) in [5, 5.41) is 0. The van der Waals surface area contributed by atoms with E-state index >= 15 is 0 Å². The van der Waals surface area contributed by atoms with Crippen molar-refractivity contribution in [1.29, 1.82) is 0 Å². The molecule has 2 fully saturated rings. The number of carbonyl (C=O) groups is 1. The van der Waals surface area contributed by atoms with Crippen LogP contribution in [0.4, 0.5) is 0 Å². The average Bonchev–Trinajstić information content (AvgIpc) is 2.87. The molecule has 4 nitrogen and oxygen atoms in total. The predicted molar refractivity (Wildman–Crippen MR) is 77.8 cm³/mol. The Morgan fingerprint density at radius 1 is 1.16 bits per heavy atom. The van der Waals surface area contributed by atoms with Crippen molar-refractivity contribution in [3.8, 4) is 0 Å². The maximum Gasteiger partial charge on any atom is 0.225 e. The van der Waals surface area contributed by atoms with Gasteiger partial charge in [-0.3, -0.25) is 4.79 Å². The molecule has 2 atom stereocenters. The predicted octanol–water partition coefficient (Wildman–Crippen LogP) is 1.45. The molecular weight excluding hydrogens is 238 g/mol. The van der Waals surface area contributed by atoms with Crippen LogP contribution in [0.15, 0.2) is 0 Å². The van der Waals surface area contributed by atoms with Crippen molar-refractivity contribution in [2.24, 2.45) is 11.7 Å². The Morgan fingerprint density at radius 3 is 2.26 bits per heavy atom. The van der Waals surface area contributed by atoms with Gasteiger partial charge in [0.1, 0.15) is 0 Å². The molecule has 1 saturated heterocycles. The van der Waals surface area contributed by atoms with Crippen LogP contribution in [0.3, 0.4) is 0 Å². The van der Waals surface area contributed by atoms with Crippen LogP contribution in [-0.2, 0) is 4.79 Å². The SMILES string of the molecule is CCN(CC)C1CCN(C(=O)C2CCC(N)C2)CC1. The van der Waals surface area contributed by atoms with Gasteiger partial charge >= 0.3 is 0 Å². The van der Waals surface area contributed by atoms with Gasteiger partial charge in [-0.25, -0.2) is 0 Å². The molecule has 0 radical (unpaired) electrons. The van der Waals surface area contributed by atoms with E-state index in [2.05, 4.69) is 23.6 Å². The summed E-state index contributed by atoms with van der Waals surface area (Å²) in [6.45, 7) is 8.55. The summed E-state index contributed by atoms with van der Waals surface area (Å²) in [5.41, 5.74) is 5.91. The van der Waals surface area contributed by atoms with Crippen molar-refractivity contribution < 1.29 is 4.79 Å². The normalized spacial score (nSPS) is 29.2. The Bertz CT molecular complexity index is 296. The molecule has 2 N–H and O–H groups in total. The lowest BCUT2D eigenvalue weighted by atomic mass is 10.00. The van der Waals surface area contributed by atoms with Crippen LogP contribution in [0.2, 0.25) is 0 Å². The molecular formula is C15H29N3O. The zero-order valence-corrected chi connectivity index (χ0v) is 12.5. The van der Waals surface area contributed by atoms with Gasteiger partial charge in [-0.1, -0.05) is 13.8 Å². The smallest absolute Gasteiger partial charge is 0.225 e. The first-order chi connectivity index (χ1) is 9.15. The van der Waals surface area contributed by atoms with E-state index in [1.165, 1.54) is 0 Å². The lowest BCUT2D eigenvalue weighted by molar-refractivity contribution is -0.137. The van der Waals surface area contributed by atoms with Gasteiger partial charge in [-0.15, -0.1) is 0 Å². The average molecular weight is 267 g/mol. The lowest BCUT2D eigenvalue weighted by Gasteiger charge is -2.38. The van der Waals surface area contributed by atoms with E-state index in [0.29, 0.717) is 11.9 Å². The highest BCUT2D eigenvalue weighted by molar-refractivity contribution is 5.79. The van der Waals surface area contributed by atoms with Crippen molar-refractivity contribution >= 4 is 5.91 Å². The summed E-state index contributed by atoms with van der Waals surface area (Å²) >= 11 is 0. The molecule has 4 heteroatoms. The fourth-order valence-electron chi connectivity index (χ4n) is 3.69. The molecule has 0 aromatic carbocycles. The number of hydrogen-bond acceptors (Lipinski definition) is 3. The van der Waals surface area contributed by atoms with E-state index < -0.39 is 0 Å². The number of amides is 1. The third-order valence-corrected chi connectivity index (χ3v) is 4.93. The third-order valence-electron chi connectivity index (χ3n) is 4.93. The molecule has 0 bridgehead atoms. The Hall–Kier alpha value is -0.610. The fourth-order valence-corrected chi connectivity index (χ4v) is 3.69. The number of nitrogens with zero attached hydrogens (tertiary/aromatic N) is 2. The first-order valence-electron chi connectivity index (χ1n) is 7.94. The first-order valence-corrected chi connectivity index (χ1v) is 7.94. The summed E-state index contributed by atoms with van der Waals surface area (Å²) in [7, 11) is 0. The van der Waals surface area contributed by atoms with Gasteiger partial charge in [0.2, 0.25) is 5.91 Å². The molecule has 1 aliphatic heterocycles. The molecule has 1 aliphatic carbocycles. The molecule has 2 unspecified atom stereocenters. The largest absolute Gasteiger partial charge is 0.342 e.